The van der Waals surface area contributed by atoms with Crippen LogP contribution in [0, 0.1) is 0 Å². The zero-order valence-corrected chi connectivity index (χ0v) is 17.2. The second-order valence-electron chi connectivity index (χ2n) is 6.52. The van der Waals surface area contributed by atoms with Gasteiger partial charge in [-0.1, -0.05) is 44.7 Å². The quantitative estimate of drug-likeness (QED) is 0.341. The van der Waals surface area contributed by atoms with Gasteiger partial charge in [0.2, 0.25) is 0 Å². The molecule has 1 aromatic heterocycles. The van der Waals surface area contributed by atoms with E-state index in [2.05, 4.69) is 17.2 Å². The Morgan fingerprint density at radius 1 is 1.24 bits per heavy atom. The van der Waals surface area contributed by atoms with E-state index in [0.29, 0.717) is 6.42 Å². The number of esters is 1. The van der Waals surface area contributed by atoms with Gasteiger partial charge < -0.3 is 14.6 Å². The maximum absolute atomic E-state index is 12.5. The first-order chi connectivity index (χ1) is 13.8. The Morgan fingerprint density at radius 2 is 1.97 bits per heavy atom. The van der Waals surface area contributed by atoms with E-state index in [0.717, 1.165) is 31.7 Å². The van der Waals surface area contributed by atoms with Crippen molar-refractivity contribution in [1.82, 2.24) is 9.55 Å². The summed E-state index contributed by atoms with van der Waals surface area (Å²) in [6.45, 7) is 2.10. The fourth-order valence-corrected chi connectivity index (χ4v) is 3.61. The Labute approximate surface area is 169 Å². The van der Waals surface area contributed by atoms with Gasteiger partial charge >= 0.3 is 5.97 Å². The van der Waals surface area contributed by atoms with Crippen LogP contribution in [-0.2, 0) is 19.6 Å². The number of rotatable bonds is 10. The first-order valence-corrected chi connectivity index (χ1v) is 10.7. The van der Waals surface area contributed by atoms with Crippen molar-refractivity contribution in [2.45, 2.75) is 50.0 Å². The average Bonchev–Trinajstić information content (AvgIpc) is 3.14. The van der Waals surface area contributed by atoms with E-state index < -0.39 is 32.9 Å². The summed E-state index contributed by atoms with van der Waals surface area (Å²) >= 11 is 0. The van der Waals surface area contributed by atoms with Gasteiger partial charge in [0.15, 0.2) is 5.82 Å². The highest BCUT2D eigenvalue weighted by atomic mass is 32.2. The summed E-state index contributed by atoms with van der Waals surface area (Å²) in [5.41, 5.74) is -0.214. The molecule has 0 spiro atoms. The number of methoxy groups -OCH3 is 1. The lowest BCUT2D eigenvalue weighted by Gasteiger charge is -2.15. The molecule has 9 nitrogen and oxygen atoms in total. The highest BCUT2D eigenvalue weighted by molar-refractivity contribution is 7.86. The van der Waals surface area contributed by atoms with E-state index in [1.54, 1.807) is 4.57 Å². The second-order valence-corrected chi connectivity index (χ2v) is 7.91. The molecule has 0 fully saturated rings. The Bertz CT molecular complexity index is 954. The van der Waals surface area contributed by atoms with Crippen molar-refractivity contribution in [3.05, 3.63) is 42.4 Å². The van der Waals surface area contributed by atoms with Crippen molar-refractivity contribution in [3.8, 4) is 0 Å². The van der Waals surface area contributed by atoms with Crippen LogP contribution < -0.4 is 5.32 Å². The standard InChI is InChI=1S/C19H25N3O6S/c1-3-4-5-6-10-15(19(24)28-2)22-12-17(20-13-22)21-18(23)14-9-7-8-11-16(14)29(25,26)27/h7-9,11-13,15H,3-6,10H2,1-2H3,(H,21,23)(H,25,26,27)/t15-/m0/s1. The van der Waals surface area contributed by atoms with E-state index in [-0.39, 0.29) is 11.4 Å². The highest BCUT2D eigenvalue weighted by Crippen LogP contribution is 2.21. The zero-order valence-electron chi connectivity index (χ0n) is 16.4. The van der Waals surface area contributed by atoms with E-state index in [1.807, 2.05) is 0 Å². The van der Waals surface area contributed by atoms with Gasteiger partial charge in [0.05, 0.1) is 19.0 Å². The molecule has 0 aliphatic heterocycles. The van der Waals surface area contributed by atoms with Crippen LogP contribution in [0.2, 0.25) is 0 Å². The number of unbranched alkanes of at least 4 members (excludes halogenated alkanes) is 3. The molecule has 10 heteroatoms. The van der Waals surface area contributed by atoms with Crippen LogP contribution in [0.25, 0.3) is 0 Å². The molecule has 0 saturated heterocycles. The zero-order chi connectivity index (χ0) is 21.4. The molecule has 2 N–H and O–H groups in total. The number of nitrogens with one attached hydrogen (secondary N) is 1. The maximum Gasteiger partial charge on any atom is 0.328 e. The third-order valence-corrected chi connectivity index (χ3v) is 5.33. The second kappa shape index (κ2) is 10.2. The number of benzene rings is 1. The Kier molecular flexibility index (Phi) is 7.91. The summed E-state index contributed by atoms with van der Waals surface area (Å²) in [5.74, 6) is -1.02. The number of anilines is 1. The van der Waals surface area contributed by atoms with E-state index >= 15 is 0 Å². The molecule has 158 valence electrons. The highest BCUT2D eigenvalue weighted by Gasteiger charge is 2.23. The van der Waals surface area contributed by atoms with Gasteiger partial charge in [-0.3, -0.25) is 9.35 Å². The van der Waals surface area contributed by atoms with Gasteiger partial charge in [-0.15, -0.1) is 0 Å². The normalized spacial score (nSPS) is 12.4. The van der Waals surface area contributed by atoms with Gasteiger partial charge in [0, 0.05) is 6.20 Å². The van der Waals surface area contributed by atoms with Crippen molar-refractivity contribution in [2.75, 3.05) is 12.4 Å². The minimum absolute atomic E-state index is 0.141. The molecule has 1 aromatic carbocycles. The molecule has 29 heavy (non-hydrogen) atoms. The third kappa shape index (κ3) is 6.13. The smallest absolute Gasteiger partial charge is 0.328 e. The van der Waals surface area contributed by atoms with Gasteiger partial charge in [-0.2, -0.15) is 8.42 Å². The van der Waals surface area contributed by atoms with Crippen LogP contribution in [0.15, 0.2) is 41.7 Å². The van der Waals surface area contributed by atoms with E-state index in [9.17, 15) is 22.6 Å². The number of carbonyl (C=O) groups is 2. The first-order valence-electron chi connectivity index (χ1n) is 9.27. The molecule has 0 unspecified atom stereocenters. The van der Waals surface area contributed by atoms with Crippen molar-refractivity contribution in [1.29, 1.82) is 0 Å². The summed E-state index contributed by atoms with van der Waals surface area (Å²) in [5, 5.41) is 2.48. The summed E-state index contributed by atoms with van der Waals surface area (Å²) in [6, 6.07) is 4.72. The van der Waals surface area contributed by atoms with Crippen molar-refractivity contribution in [2.24, 2.45) is 0 Å². The molecule has 2 rings (SSSR count). The third-order valence-electron chi connectivity index (χ3n) is 4.42. The minimum Gasteiger partial charge on any atom is -0.467 e. The number of amides is 1. The molecule has 0 radical (unpaired) electrons. The molecular weight excluding hydrogens is 398 g/mol. The average molecular weight is 423 g/mol. The monoisotopic (exact) mass is 423 g/mol. The summed E-state index contributed by atoms with van der Waals surface area (Å²) in [7, 11) is -3.24. The molecule has 0 saturated carbocycles. The Balaban J connectivity index is 2.16. The lowest BCUT2D eigenvalue weighted by molar-refractivity contribution is -0.144. The number of hydrogen-bond acceptors (Lipinski definition) is 6. The number of hydrogen-bond donors (Lipinski definition) is 2. The largest absolute Gasteiger partial charge is 0.467 e. The molecule has 2 aromatic rings. The summed E-state index contributed by atoms with van der Waals surface area (Å²) in [6.07, 6.45) is 7.45. The van der Waals surface area contributed by atoms with Crippen LogP contribution in [0.1, 0.15) is 55.4 Å². The predicted octanol–water partition coefficient (Wildman–Crippen LogP) is 3.07. The predicted molar refractivity (Wildman–Crippen MR) is 106 cm³/mol. The van der Waals surface area contributed by atoms with Gasteiger partial charge in [-0.05, 0) is 18.6 Å². The van der Waals surface area contributed by atoms with Crippen LogP contribution in [0.4, 0.5) is 5.82 Å². The number of aromatic nitrogens is 2. The van der Waals surface area contributed by atoms with Crippen LogP contribution in [0.3, 0.4) is 0 Å². The lowest BCUT2D eigenvalue weighted by Crippen LogP contribution is -2.20. The number of nitrogens with zero attached hydrogens (tertiary/aromatic N) is 2. The van der Waals surface area contributed by atoms with Crippen molar-refractivity contribution >= 4 is 27.8 Å². The maximum atomic E-state index is 12.5. The lowest BCUT2D eigenvalue weighted by atomic mass is 10.1. The number of carbonyl (C=O) groups excluding carboxylic acids is 2. The van der Waals surface area contributed by atoms with E-state index in [1.165, 1.54) is 37.8 Å². The fourth-order valence-electron chi connectivity index (χ4n) is 2.92. The van der Waals surface area contributed by atoms with Gasteiger partial charge in [0.25, 0.3) is 16.0 Å². The first kappa shape index (κ1) is 22.6. The Morgan fingerprint density at radius 3 is 2.62 bits per heavy atom. The summed E-state index contributed by atoms with van der Waals surface area (Å²) < 4.78 is 38.6. The molecule has 0 aliphatic carbocycles. The molecular formula is C19H25N3O6S. The molecule has 0 aliphatic rings. The van der Waals surface area contributed by atoms with Crippen LogP contribution in [0.5, 0.6) is 0 Å². The molecule has 0 bridgehead atoms. The molecule has 1 amide bonds. The topological polar surface area (TPSA) is 128 Å². The van der Waals surface area contributed by atoms with Crippen molar-refractivity contribution in [3.63, 3.8) is 0 Å². The van der Waals surface area contributed by atoms with Crippen molar-refractivity contribution < 1.29 is 27.3 Å². The van der Waals surface area contributed by atoms with Crippen LogP contribution >= 0.6 is 0 Å². The van der Waals surface area contributed by atoms with Crippen LogP contribution in [-0.4, -0.2) is 41.5 Å². The van der Waals surface area contributed by atoms with E-state index in [4.69, 9.17) is 4.74 Å². The SMILES string of the molecule is CCCCCC[C@@H](C(=O)OC)n1cnc(NC(=O)c2ccccc2S(=O)(=O)O)c1. The number of ether oxygens (including phenoxy) is 1. The minimum atomic E-state index is -4.56. The fraction of sp³-hybridized carbons (Fsp3) is 0.421. The van der Waals surface area contributed by atoms with Gasteiger partial charge in [-0.25, -0.2) is 9.78 Å². The molecule has 1 heterocycles. The van der Waals surface area contributed by atoms with Gasteiger partial charge in [0.1, 0.15) is 10.9 Å². The number of imidazole rings is 1. The Hall–Kier alpha value is -2.72. The summed E-state index contributed by atoms with van der Waals surface area (Å²) in [4.78, 5) is 28.2. The molecule has 1 atom stereocenters.